The molecule has 2 N–H and O–H groups in total. The zero-order chi connectivity index (χ0) is 24.1. The van der Waals surface area contributed by atoms with Crippen molar-refractivity contribution in [2.75, 3.05) is 47.3 Å². The maximum atomic E-state index is 12.4. The van der Waals surface area contributed by atoms with Crippen LogP contribution in [0.25, 0.3) is 6.08 Å². The van der Waals surface area contributed by atoms with E-state index in [1.54, 1.807) is 32.4 Å². The number of aromatic nitrogens is 1. The van der Waals surface area contributed by atoms with E-state index in [9.17, 15) is 14.4 Å². The summed E-state index contributed by atoms with van der Waals surface area (Å²) in [6, 6.07) is 1.70. The SMILES string of the molecule is CCOC(=O)CCCCC(=O)c1c[nH]c(C=C2NC(=O)C(OCCOC)=C2OCCOC)c1. The molecule has 1 aliphatic heterocycles. The number of H-pyrrole nitrogens is 1. The number of hydrogen-bond acceptors (Lipinski definition) is 8. The quantitative estimate of drug-likeness (QED) is 0.217. The largest absolute Gasteiger partial charge is 0.485 e. The first-order valence-corrected chi connectivity index (χ1v) is 10.9. The van der Waals surface area contributed by atoms with Crippen LogP contribution in [0.3, 0.4) is 0 Å². The molecule has 0 saturated carbocycles. The monoisotopic (exact) mass is 464 g/mol. The van der Waals surface area contributed by atoms with Gasteiger partial charge in [0.25, 0.3) is 5.91 Å². The van der Waals surface area contributed by atoms with Crippen LogP contribution >= 0.6 is 0 Å². The fourth-order valence-electron chi connectivity index (χ4n) is 3.04. The maximum absolute atomic E-state index is 12.4. The van der Waals surface area contributed by atoms with Crippen LogP contribution in [0, 0.1) is 0 Å². The number of hydrogen-bond donors (Lipinski definition) is 2. The number of amides is 1. The number of rotatable bonds is 16. The first-order valence-electron chi connectivity index (χ1n) is 10.9. The number of ketones is 1. The number of nitrogens with one attached hydrogen (secondary N) is 2. The van der Waals surface area contributed by atoms with Crippen LogP contribution in [0.15, 0.2) is 29.5 Å². The number of methoxy groups -OCH3 is 2. The number of esters is 1. The zero-order valence-corrected chi connectivity index (χ0v) is 19.4. The third-order valence-electron chi connectivity index (χ3n) is 4.64. The Morgan fingerprint density at radius 3 is 2.30 bits per heavy atom. The summed E-state index contributed by atoms with van der Waals surface area (Å²) in [5.74, 6) is -0.366. The van der Waals surface area contributed by atoms with E-state index in [0.29, 0.717) is 62.5 Å². The number of carbonyl (C=O) groups excluding carboxylic acids is 3. The van der Waals surface area contributed by atoms with Gasteiger partial charge in [-0.15, -0.1) is 0 Å². The second-order valence-corrected chi connectivity index (χ2v) is 7.13. The normalized spacial score (nSPS) is 14.5. The predicted molar refractivity (Wildman–Crippen MR) is 119 cm³/mol. The van der Waals surface area contributed by atoms with Crippen molar-refractivity contribution < 1.29 is 38.1 Å². The number of aromatic amines is 1. The summed E-state index contributed by atoms with van der Waals surface area (Å²) in [5.41, 5.74) is 1.55. The molecular weight excluding hydrogens is 432 g/mol. The molecule has 2 heterocycles. The lowest BCUT2D eigenvalue weighted by atomic mass is 10.1. The van der Waals surface area contributed by atoms with Gasteiger partial charge in [-0.25, -0.2) is 0 Å². The molecule has 2 rings (SSSR count). The van der Waals surface area contributed by atoms with Crippen molar-refractivity contribution in [3.63, 3.8) is 0 Å². The van der Waals surface area contributed by atoms with Crippen molar-refractivity contribution in [3.8, 4) is 0 Å². The van der Waals surface area contributed by atoms with Crippen LogP contribution in [0.5, 0.6) is 0 Å². The van der Waals surface area contributed by atoms with Gasteiger partial charge in [-0.2, -0.15) is 0 Å². The Labute approximate surface area is 193 Å². The Morgan fingerprint density at radius 2 is 1.64 bits per heavy atom. The third kappa shape index (κ3) is 8.39. The van der Waals surface area contributed by atoms with Crippen molar-refractivity contribution in [1.82, 2.24) is 10.3 Å². The van der Waals surface area contributed by atoms with E-state index in [0.717, 1.165) is 0 Å². The van der Waals surface area contributed by atoms with E-state index in [1.807, 2.05) is 0 Å². The molecule has 10 nitrogen and oxygen atoms in total. The summed E-state index contributed by atoms with van der Waals surface area (Å²) in [7, 11) is 3.09. The van der Waals surface area contributed by atoms with Crippen molar-refractivity contribution in [2.24, 2.45) is 0 Å². The minimum absolute atomic E-state index is 0.0362. The molecular formula is C23H32N2O8. The van der Waals surface area contributed by atoms with Crippen molar-refractivity contribution >= 4 is 23.7 Å². The molecule has 0 fully saturated rings. The summed E-state index contributed by atoms with van der Waals surface area (Å²) in [6.07, 6.45) is 5.10. The Kier molecular flexibility index (Phi) is 11.2. The fourth-order valence-corrected chi connectivity index (χ4v) is 3.04. The molecule has 0 radical (unpaired) electrons. The van der Waals surface area contributed by atoms with E-state index < -0.39 is 5.91 Å². The number of ether oxygens (including phenoxy) is 5. The number of unbranched alkanes of at least 4 members (excludes halogenated alkanes) is 1. The van der Waals surface area contributed by atoms with Gasteiger partial charge in [-0.1, -0.05) is 0 Å². The van der Waals surface area contributed by atoms with E-state index in [4.69, 9.17) is 23.7 Å². The molecule has 1 aromatic rings. The Morgan fingerprint density at radius 1 is 0.970 bits per heavy atom. The van der Waals surface area contributed by atoms with Crippen LogP contribution < -0.4 is 5.32 Å². The highest BCUT2D eigenvalue weighted by Gasteiger charge is 2.31. The summed E-state index contributed by atoms with van der Waals surface area (Å²) in [4.78, 5) is 39.2. The lowest BCUT2D eigenvalue weighted by Gasteiger charge is -2.10. The molecule has 0 spiro atoms. The Balaban J connectivity index is 2.03. The lowest BCUT2D eigenvalue weighted by molar-refractivity contribution is -0.143. The molecule has 0 saturated heterocycles. The van der Waals surface area contributed by atoms with Crippen molar-refractivity contribution in [3.05, 3.63) is 40.7 Å². The molecule has 0 atom stereocenters. The smallest absolute Gasteiger partial charge is 0.305 e. The first kappa shape index (κ1) is 26.1. The van der Waals surface area contributed by atoms with Gasteiger partial charge in [0.05, 0.1) is 25.5 Å². The summed E-state index contributed by atoms with van der Waals surface area (Å²) in [5, 5.41) is 2.73. The minimum atomic E-state index is -0.422. The fraction of sp³-hybridized carbons (Fsp3) is 0.522. The molecule has 10 heteroatoms. The topological polar surface area (TPSA) is 125 Å². The Bertz CT molecular complexity index is 872. The zero-order valence-electron chi connectivity index (χ0n) is 19.4. The van der Waals surface area contributed by atoms with E-state index in [2.05, 4.69) is 10.3 Å². The van der Waals surface area contributed by atoms with E-state index in [-0.39, 0.29) is 36.5 Å². The summed E-state index contributed by atoms with van der Waals surface area (Å²) < 4.78 is 26.1. The second-order valence-electron chi connectivity index (χ2n) is 7.13. The number of Topliss-reactive ketones (excluding diaryl/α,β-unsaturated/α-hetero) is 1. The van der Waals surface area contributed by atoms with Crippen molar-refractivity contribution in [2.45, 2.75) is 32.6 Å². The number of carbonyl (C=O) groups is 3. The molecule has 0 aliphatic carbocycles. The van der Waals surface area contributed by atoms with E-state index in [1.165, 1.54) is 7.11 Å². The molecule has 33 heavy (non-hydrogen) atoms. The average Bonchev–Trinajstić information content (AvgIpc) is 3.37. The molecule has 1 amide bonds. The van der Waals surface area contributed by atoms with Crippen molar-refractivity contribution in [1.29, 1.82) is 0 Å². The summed E-state index contributed by atoms with van der Waals surface area (Å²) >= 11 is 0. The van der Waals surface area contributed by atoms with Crippen LogP contribution in [0.2, 0.25) is 0 Å². The van der Waals surface area contributed by atoms with Crippen LogP contribution in [-0.2, 0) is 33.3 Å². The van der Waals surface area contributed by atoms with Gasteiger partial charge in [0.2, 0.25) is 5.76 Å². The van der Waals surface area contributed by atoms with Gasteiger partial charge in [-0.05, 0) is 31.9 Å². The molecule has 0 unspecified atom stereocenters. The minimum Gasteiger partial charge on any atom is -0.485 e. The highest BCUT2D eigenvalue weighted by molar-refractivity contribution is 5.99. The predicted octanol–water partition coefficient (Wildman–Crippen LogP) is 2.33. The first-order chi connectivity index (χ1) is 16.0. The van der Waals surface area contributed by atoms with Gasteiger partial charge >= 0.3 is 5.97 Å². The Hall–Kier alpha value is -3.11. The van der Waals surface area contributed by atoms with Crippen LogP contribution in [0.4, 0.5) is 0 Å². The standard InChI is InChI=1S/C23H32N2O8/c1-4-31-20(27)8-6-5-7-19(26)16-13-17(24-15-16)14-18-21(32-11-9-29-2)22(23(28)25-18)33-12-10-30-3/h13-15,24H,4-12H2,1-3H3,(H,25,28). The lowest BCUT2D eigenvalue weighted by Crippen LogP contribution is -2.18. The second kappa shape index (κ2) is 14.1. The molecule has 1 aliphatic rings. The highest BCUT2D eigenvalue weighted by atomic mass is 16.6. The van der Waals surface area contributed by atoms with Gasteiger partial charge in [0.1, 0.15) is 13.2 Å². The summed E-state index contributed by atoms with van der Waals surface area (Å²) in [6.45, 7) is 3.21. The third-order valence-corrected chi connectivity index (χ3v) is 4.64. The van der Waals surface area contributed by atoms with Gasteiger partial charge in [-0.3, -0.25) is 14.4 Å². The van der Waals surface area contributed by atoms with Gasteiger partial charge < -0.3 is 34.0 Å². The van der Waals surface area contributed by atoms with E-state index >= 15 is 0 Å². The van der Waals surface area contributed by atoms with Gasteiger partial charge in [0, 0.05) is 44.5 Å². The maximum Gasteiger partial charge on any atom is 0.305 e. The molecule has 1 aromatic heterocycles. The van der Waals surface area contributed by atoms with Gasteiger partial charge in [0.15, 0.2) is 11.5 Å². The average molecular weight is 465 g/mol. The molecule has 0 aromatic carbocycles. The van der Waals surface area contributed by atoms with Crippen LogP contribution in [-0.4, -0.2) is 69.9 Å². The van der Waals surface area contributed by atoms with Crippen LogP contribution in [0.1, 0.15) is 48.7 Å². The molecule has 182 valence electrons. The highest BCUT2D eigenvalue weighted by Crippen LogP contribution is 2.25. The molecule has 0 bridgehead atoms.